The Morgan fingerprint density at radius 3 is 1.41 bits per heavy atom. The quantitative estimate of drug-likeness (QED) is 0.0467. The molecule has 0 saturated heterocycles. The molecule has 1 rings (SSSR count). The largest absolute Gasteiger partial charge is 0.481 e. The third-order valence-corrected chi connectivity index (χ3v) is 10.4. The van der Waals surface area contributed by atoms with Gasteiger partial charge in [-0.15, -0.1) is 0 Å². The highest BCUT2D eigenvalue weighted by Gasteiger charge is 2.26. The third kappa shape index (κ3) is 26.4. The Bertz CT molecular complexity index is 1500. The number of hydrogen-bond donors (Lipinski definition) is 10. The summed E-state index contributed by atoms with van der Waals surface area (Å²) in [5, 5.41) is 26.6. The summed E-state index contributed by atoms with van der Waals surface area (Å²) in [7, 11) is 0. The average molecular weight is 860 g/mol. The molecule has 0 aromatic heterocycles. The molecule has 7 atom stereocenters. The van der Waals surface area contributed by atoms with Crippen LogP contribution < -0.4 is 49.1 Å². The van der Waals surface area contributed by atoms with Crippen molar-refractivity contribution in [2.24, 2.45) is 29.0 Å². The molecule has 17 heteroatoms. The molecule has 17 nitrogen and oxygen atoms in total. The van der Waals surface area contributed by atoms with Crippen LogP contribution in [0.25, 0.3) is 0 Å². The van der Waals surface area contributed by atoms with E-state index in [4.69, 9.17) is 17.2 Å². The Balaban J connectivity index is 2.93. The van der Waals surface area contributed by atoms with Crippen molar-refractivity contribution in [3.8, 4) is 0 Å². The molecule has 0 fully saturated rings. The summed E-state index contributed by atoms with van der Waals surface area (Å²) in [4.78, 5) is 89.8. The van der Waals surface area contributed by atoms with Gasteiger partial charge in [-0.25, -0.2) is 0 Å². The summed E-state index contributed by atoms with van der Waals surface area (Å²) in [5.41, 5.74) is 18.2. The lowest BCUT2D eigenvalue weighted by Gasteiger charge is -2.26. The number of aliphatic carboxylic acids is 1. The first kappa shape index (κ1) is 54.4. The number of rotatable bonds is 32. The number of unbranched alkanes of at least 4 members (excludes halogenated alkanes) is 2. The number of carboxylic acid groups (broad SMARTS) is 1. The molecule has 0 unspecified atom stereocenters. The van der Waals surface area contributed by atoms with E-state index in [0.29, 0.717) is 58.0 Å². The molecular weight excluding hydrogens is 783 g/mol. The van der Waals surface area contributed by atoms with Gasteiger partial charge in [-0.05, 0) is 76.4 Å². The highest BCUT2D eigenvalue weighted by atomic mass is 16.4. The number of amides is 6. The Hall–Kier alpha value is -4.61. The second-order valence-corrected chi connectivity index (χ2v) is 17.1. The van der Waals surface area contributed by atoms with Gasteiger partial charge in [0.1, 0.15) is 0 Å². The minimum absolute atomic E-state index is 0.0166. The molecule has 13 N–H and O–H groups in total. The second-order valence-electron chi connectivity index (χ2n) is 17.1. The lowest BCUT2D eigenvalue weighted by atomic mass is 9.98. The molecule has 6 amide bonds. The second kappa shape index (κ2) is 30.4. The van der Waals surface area contributed by atoms with Gasteiger partial charge in [0.2, 0.25) is 35.4 Å². The van der Waals surface area contributed by atoms with Gasteiger partial charge in [0.05, 0.1) is 6.42 Å². The predicted octanol–water partition coefficient (Wildman–Crippen LogP) is 1.89. The molecule has 61 heavy (non-hydrogen) atoms. The summed E-state index contributed by atoms with van der Waals surface area (Å²) < 4.78 is 0. The number of nitrogens with two attached hydrogens (primary N) is 3. The first-order valence-electron chi connectivity index (χ1n) is 22.0. The fraction of sp³-hybridized carbons (Fsp3) is 0.705. The van der Waals surface area contributed by atoms with Crippen LogP contribution in [0.1, 0.15) is 131 Å². The Kier molecular flexibility index (Phi) is 27.1. The van der Waals surface area contributed by atoms with Gasteiger partial charge in [-0.3, -0.25) is 33.6 Å². The number of nitrogens with one attached hydrogen (secondary N) is 6. The lowest BCUT2D eigenvalue weighted by Crippen LogP contribution is -2.48. The van der Waals surface area contributed by atoms with E-state index in [9.17, 15) is 38.7 Å². The van der Waals surface area contributed by atoms with Crippen molar-refractivity contribution in [1.82, 2.24) is 31.9 Å². The van der Waals surface area contributed by atoms with Gasteiger partial charge in [0, 0.05) is 80.8 Å². The van der Waals surface area contributed by atoms with Crippen LogP contribution >= 0.6 is 0 Å². The van der Waals surface area contributed by atoms with Crippen molar-refractivity contribution < 1.29 is 38.7 Å². The number of carbonyl (C=O) groups excluding carboxylic acids is 6. The van der Waals surface area contributed by atoms with E-state index in [2.05, 4.69) is 31.9 Å². The van der Waals surface area contributed by atoms with E-state index in [0.717, 1.165) is 5.56 Å². The maximum absolute atomic E-state index is 13.6. The van der Waals surface area contributed by atoms with Gasteiger partial charge >= 0.3 is 5.97 Å². The van der Waals surface area contributed by atoms with Crippen molar-refractivity contribution >= 4 is 41.4 Å². The van der Waals surface area contributed by atoms with Crippen LogP contribution in [0.15, 0.2) is 30.3 Å². The molecule has 0 aliphatic rings. The smallest absolute Gasteiger partial charge is 0.305 e. The standard InChI is InChI=1S/C44H77N9O8/c1-28(2)36(47)26-42(58)48-30(5)20-38(54)50-33(16-10-12-18-45)23-40(56)52-35(22-32-14-8-7-9-15-32)24-41(57)53-37(29(3)4)27-43(59)49-31(6)21-39(55)51-34(25-44(60)61)17-11-13-19-46/h7-9,14-15,28-31,33-37H,10-13,16-27,45-47H2,1-6H3,(H,48,58)(H,49,59)(H,50,54)(H,51,55)(H,52,56)(H,53,57)(H,60,61)/t30-,31-,33-,34-,35-,36-,37-/m0/s1. The van der Waals surface area contributed by atoms with Crippen molar-refractivity contribution in [2.75, 3.05) is 13.1 Å². The minimum atomic E-state index is -1.02. The van der Waals surface area contributed by atoms with E-state index < -0.39 is 42.2 Å². The van der Waals surface area contributed by atoms with Crippen LogP contribution in [0.5, 0.6) is 0 Å². The molecule has 0 heterocycles. The van der Waals surface area contributed by atoms with Gasteiger partial charge in [-0.2, -0.15) is 0 Å². The van der Waals surface area contributed by atoms with Crippen molar-refractivity contribution in [3.63, 3.8) is 0 Å². The van der Waals surface area contributed by atoms with Gasteiger partial charge in [0.15, 0.2) is 0 Å². The number of carboxylic acids is 1. The average Bonchev–Trinajstić information content (AvgIpc) is 3.14. The van der Waals surface area contributed by atoms with Gasteiger partial charge in [0.25, 0.3) is 0 Å². The van der Waals surface area contributed by atoms with E-state index in [-0.39, 0.29) is 98.3 Å². The maximum atomic E-state index is 13.6. The molecule has 0 radical (unpaired) electrons. The summed E-state index contributed by atoms with van der Waals surface area (Å²) in [6.07, 6.45) is 3.86. The summed E-state index contributed by atoms with van der Waals surface area (Å²) in [6, 6.07) is 5.92. The number of benzene rings is 1. The van der Waals surface area contributed by atoms with Crippen LogP contribution in [-0.4, -0.2) is 102 Å². The van der Waals surface area contributed by atoms with Gasteiger partial charge < -0.3 is 54.2 Å². The highest BCUT2D eigenvalue weighted by Crippen LogP contribution is 2.13. The summed E-state index contributed by atoms with van der Waals surface area (Å²) in [6.45, 7) is 12.0. The van der Waals surface area contributed by atoms with Crippen LogP contribution in [0, 0.1) is 11.8 Å². The maximum Gasteiger partial charge on any atom is 0.305 e. The molecule has 0 saturated carbocycles. The van der Waals surface area contributed by atoms with E-state index in [1.807, 2.05) is 58.0 Å². The predicted molar refractivity (Wildman–Crippen MR) is 236 cm³/mol. The van der Waals surface area contributed by atoms with Crippen LogP contribution in [0.2, 0.25) is 0 Å². The SMILES string of the molecule is CC(C)[C@H](CC(=O)N[C@@H](C)CC(=O)N[C@@H](CCCCN)CC(=O)O)NC(=O)C[C@H](Cc1ccccc1)NC(=O)C[C@H](CCCCN)NC(=O)C[C@H](C)NC(=O)C[C@H](N)C(C)C. The molecule has 0 bridgehead atoms. The van der Waals surface area contributed by atoms with E-state index in [1.54, 1.807) is 13.8 Å². The molecule has 0 aliphatic carbocycles. The number of carbonyl (C=O) groups is 7. The van der Waals surface area contributed by atoms with E-state index >= 15 is 0 Å². The fourth-order valence-electron chi connectivity index (χ4n) is 6.81. The Labute approximate surface area is 363 Å². The molecule has 1 aromatic carbocycles. The zero-order chi connectivity index (χ0) is 45.9. The molecule has 0 aliphatic heterocycles. The van der Waals surface area contributed by atoms with Crippen LogP contribution in [0.3, 0.4) is 0 Å². The lowest BCUT2D eigenvalue weighted by molar-refractivity contribution is -0.138. The summed E-state index contributed by atoms with van der Waals surface area (Å²) >= 11 is 0. The van der Waals surface area contributed by atoms with Crippen LogP contribution in [0.4, 0.5) is 0 Å². The number of hydrogen-bond acceptors (Lipinski definition) is 10. The summed E-state index contributed by atoms with van der Waals surface area (Å²) in [5.74, 6) is -3.02. The minimum Gasteiger partial charge on any atom is -0.481 e. The normalized spacial score (nSPS) is 14.7. The van der Waals surface area contributed by atoms with Crippen molar-refractivity contribution in [1.29, 1.82) is 0 Å². The molecule has 346 valence electrons. The first-order chi connectivity index (χ1) is 28.8. The van der Waals surface area contributed by atoms with Crippen molar-refractivity contribution in [2.45, 2.75) is 174 Å². The highest BCUT2D eigenvalue weighted by molar-refractivity contribution is 5.84. The zero-order valence-electron chi connectivity index (χ0n) is 37.4. The van der Waals surface area contributed by atoms with Gasteiger partial charge in [-0.1, -0.05) is 70.9 Å². The molecule has 0 spiro atoms. The third-order valence-electron chi connectivity index (χ3n) is 10.4. The Morgan fingerprint density at radius 1 is 0.508 bits per heavy atom. The fourth-order valence-corrected chi connectivity index (χ4v) is 6.81. The topological polar surface area (TPSA) is 290 Å². The van der Waals surface area contributed by atoms with Crippen LogP contribution in [-0.2, 0) is 40.0 Å². The Morgan fingerprint density at radius 2 is 0.934 bits per heavy atom. The van der Waals surface area contributed by atoms with Crippen molar-refractivity contribution in [3.05, 3.63) is 35.9 Å². The monoisotopic (exact) mass is 860 g/mol. The molecule has 1 aromatic rings. The zero-order valence-corrected chi connectivity index (χ0v) is 37.4. The van der Waals surface area contributed by atoms with E-state index in [1.165, 1.54) is 0 Å². The first-order valence-corrected chi connectivity index (χ1v) is 22.0. The molecular formula is C44H77N9O8.